The maximum absolute atomic E-state index is 11.7. The lowest BCUT2D eigenvalue weighted by Crippen LogP contribution is -2.28. The van der Waals surface area contributed by atoms with Crippen LogP contribution in [0.25, 0.3) is 11.0 Å². The summed E-state index contributed by atoms with van der Waals surface area (Å²) >= 11 is 6.22. The molecule has 7 heteroatoms. The van der Waals surface area contributed by atoms with Crippen LogP contribution >= 0.6 is 11.6 Å². The standard InChI is InChI=1S/C22H26ClN3O3/c1-15-11-17(12-16(2)22(15)23)29-10-6-9-26-19-8-5-4-7-18(19)25-20(26)13-24-21(27)14-28-3/h4-5,7-8,11-12H,6,9-10,13-14H2,1-3H3,(H,24,27). The number of halogens is 1. The van der Waals surface area contributed by atoms with E-state index in [1.165, 1.54) is 7.11 Å². The van der Waals surface area contributed by atoms with Gasteiger partial charge in [0, 0.05) is 18.7 Å². The SMILES string of the molecule is COCC(=O)NCc1nc2ccccc2n1CCCOc1cc(C)c(Cl)c(C)c1. The summed E-state index contributed by atoms with van der Waals surface area (Å²) in [5.41, 5.74) is 3.97. The molecule has 0 aliphatic carbocycles. The predicted molar refractivity (Wildman–Crippen MR) is 114 cm³/mol. The molecule has 1 N–H and O–H groups in total. The van der Waals surface area contributed by atoms with Gasteiger partial charge in [0.1, 0.15) is 18.2 Å². The summed E-state index contributed by atoms with van der Waals surface area (Å²) in [7, 11) is 1.50. The van der Waals surface area contributed by atoms with E-state index in [0.717, 1.165) is 51.7 Å². The highest BCUT2D eigenvalue weighted by Gasteiger charge is 2.12. The number of amides is 1. The Morgan fingerprint density at radius 1 is 1.21 bits per heavy atom. The summed E-state index contributed by atoms with van der Waals surface area (Å²) in [5, 5.41) is 3.62. The number of methoxy groups -OCH3 is 1. The summed E-state index contributed by atoms with van der Waals surface area (Å²) < 4.78 is 12.9. The highest BCUT2D eigenvalue weighted by atomic mass is 35.5. The van der Waals surface area contributed by atoms with E-state index >= 15 is 0 Å². The van der Waals surface area contributed by atoms with Crippen LogP contribution in [0.1, 0.15) is 23.4 Å². The molecule has 6 nitrogen and oxygen atoms in total. The van der Waals surface area contributed by atoms with E-state index in [1.54, 1.807) is 0 Å². The molecule has 29 heavy (non-hydrogen) atoms. The Balaban J connectivity index is 1.65. The smallest absolute Gasteiger partial charge is 0.246 e. The normalized spacial score (nSPS) is 11.0. The molecule has 1 amide bonds. The first-order valence-electron chi connectivity index (χ1n) is 9.59. The maximum Gasteiger partial charge on any atom is 0.246 e. The fraction of sp³-hybridized carbons (Fsp3) is 0.364. The van der Waals surface area contributed by atoms with Gasteiger partial charge < -0.3 is 19.4 Å². The highest BCUT2D eigenvalue weighted by Crippen LogP contribution is 2.26. The van der Waals surface area contributed by atoms with Crippen molar-refractivity contribution >= 4 is 28.5 Å². The number of aryl methyl sites for hydroxylation is 3. The lowest BCUT2D eigenvalue weighted by Gasteiger charge is -2.12. The molecule has 0 spiro atoms. The van der Waals surface area contributed by atoms with Crippen molar-refractivity contribution in [3.05, 3.63) is 58.4 Å². The second-order valence-corrected chi connectivity index (χ2v) is 7.33. The molecule has 154 valence electrons. The van der Waals surface area contributed by atoms with Gasteiger partial charge in [-0.05, 0) is 55.7 Å². The molecule has 0 unspecified atom stereocenters. The fourth-order valence-corrected chi connectivity index (χ4v) is 3.38. The molecule has 0 aliphatic heterocycles. The third-order valence-corrected chi connectivity index (χ3v) is 5.25. The molecule has 0 aliphatic rings. The van der Waals surface area contributed by atoms with Crippen LogP contribution in [-0.4, -0.2) is 35.8 Å². The monoisotopic (exact) mass is 415 g/mol. The maximum atomic E-state index is 11.7. The van der Waals surface area contributed by atoms with Crippen LogP contribution in [0.5, 0.6) is 5.75 Å². The van der Waals surface area contributed by atoms with Crippen LogP contribution in [-0.2, 0) is 22.6 Å². The van der Waals surface area contributed by atoms with Gasteiger partial charge in [-0.15, -0.1) is 0 Å². The quantitative estimate of drug-likeness (QED) is 0.536. The summed E-state index contributed by atoms with van der Waals surface area (Å²) in [4.78, 5) is 16.4. The minimum atomic E-state index is -0.164. The van der Waals surface area contributed by atoms with Gasteiger partial charge in [0.2, 0.25) is 5.91 Å². The number of ether oxygens (including phenoxy) is 2. The van der Waals surface area contributed by atoms with Crippen molar-refractivity contribution in [2.24, 2.45) is 0 Å². The van der Waals surface area contributed by atoms with E-state index in [-0.39, 0.29) is 12.5 Å². The zero-order chi connectivity index (χ0) is 20.8. The number of fused-ring (bicyclic) bond motifs is 1. The number of hydrogen-bond acceptors (Lipinski definition) is 4. The van der Waals surface area contributed by atoms with Crippen LogP contribution in [0.15, 0.2) is 36.4 Å². The number of carbonyl (C=O) groups excluding carboxylic acids is 1. The van der Waals surface area contributed by atoms with E-state index in [1.807, 2.05) is 50.2 Å². The van der Waals surface area contributed by atoms with Gasteiger partial charge in [0.25, 0.3) is 0 Å². The number of nitrogens with one attached hydrogen (secondary N) is 1. The van der Waals surface area contributed by atoms with Crippen molar-refractivity contribution in [1.29, 1.82) is 0 Å². The molecule has 0 fully saturated rings. The Kier molecular flexibility index (Phi) is 7.12. The Morgan fingerprint density at radius 2 is 1.93 bits per heavy atom. The van der Waals surface area contributed by atoms with E-state index < -0.39 is 0 Å². The molecule has 1 heterocycles. The van der Waals surface area contributed by atoms with E-state index in [4.69, 9.17) is 21.1 Å². The number of imidazole rings is 1. The number of benzene rings is 2. The minimum absolute atomic E-state index is 0.0357. The number of nitrogens with zero attached hydrogens (tertiary/aromatic N) is 2. The third-order valence-electron chi connectivity index (χ3n) is 4.66. The highest BCUT2D eigenvalue weighted by molar-refractivity contribution is 6.32. The van der Waals surface area contributed by atoms with Crippen LogP contribution in [0.2, 0.25) is 5.02 Å². The summed E-state index contributed by atoms with van der Waals surface area (Å²) in [6, 6.07) is 11.9. The van der Waals surface area contributed by atoms with E-state index in [0.29, 0.717) is 13.2 Å². The van der Waals surface area contributed by atoms with Gasteiger partial charge in [0.15, 0.2) is 0 Å². The Bertz CT molecular complexity index is 977. The summed E-state index contributed by atoms with van der Waals surface area (Å²) in [6.07, 6.45) is 0.806. The number of hydrogen-bond donors (Lipinski definition) is 1. The molecule has 0 radical (unpaired) electrons. The van der Waals surface area contributed by atoms with Crippen LogP contribution in [0, 0.1) is 13.8 Å². The first-order valence-corrected chi connectivity index (χ1v) is 9.96. The number of aromatic nitrogens is 2. The Labute approximate surface area is 175 Å². The van der Waals surface area contributed by atoms with Gasteiger partial charge in [-0.1, -0.05) is 23.7 Å². The first kappa shape index (κ1) is 21.1. The van der Waals surface area contributed by atoms with E-state index in [9.17, 15) is 4.79 Å². The average Bonchev–Trinajstić information content (AvgIpc) is 3.05. The topological polar surface area (TPSA) is 65.4 Å². The van der Waals surface area contributed by atoms with Gasteiger partial charge in [0.05, 0.1) is 24.2 Å². The van der Waals surface area contributed by atoms with Crippen LogP contribution < -0.4 is 10.1 Å². The summed E-state index contributed by atoms with van der Waals surface area (Å²) in [5.74, 6) is 1.48. The lowest BCUT2D eigenvalue weighted by molar-refractivity contribution is -0.124. The van der Waals surface area contributed by atoms with Crippen molar-refractivity contribution in [2.75, 3.05) is 20.3 Å². The van der Waals surface area contributed by atoms with Crippen molar-refractivity contribution in [3.8, 4) is 5.75 Å². The predicted octanol–water partition coefficient (Wildman–Crippen LogP) is 4.04. The Hall–Kier alpha value is -2.57. The third kappa shape index (κ3) is 5.28. The number of carbonyl (C=O) groups is 1. The molecule has 3 aromatic rings. The van der Waals surface area contributed by atoms with Crippen molar-refractivity contribution in [2.45, 2.75) is 33.4 Å². The van der Waals surface area contributed by atoms with Gasteiger partial charge >= 0.3 is 0 Å². The average molecular weight is 416 g/mol. The van der Waals surface area contributed by atoms with Gasteiger partial charge in [-0.2, -0.15) is 0 Å². The largest absolute Gasteiger partial charge is 0.494 e. The van der Waals surface area contributed by atoms with Gasteiger partial charge in [-0.25, -0.2) is 4.98 Å². The first-order chi connectivity index (χ1) is 14.0. The number of para-hydroxylation sites is 2. The second-order valence-electron chi connectivity index (χ2n) is 6.95. The zero-order valence-corrected chi connectivity index (χ0v) is 17.8. The van der Waals surface area contributed by atoms with Crippen LogP contribution in [0.3, 0.4) is 0 Å². The molecule has 1 aromatic heterocycles. The molecule has 2 aromatic carbocycles. The van der Waals surface area contributed by atoms with Crippen molar-refractivity contribution in [1.82, 2.24) is 14.9 Å². The molecule has 0 saturated carbocycles. The molecule has 0 bridgehead atoms. The molecule has 3 rings (SSSR count). The second kappa shape index (κ2) is 9.76. The van der Waals surface area contributed by atoms with Crippen molar-refractivity contribution in [3.63, 3.8) is 0 Å². The fourth-order valence-electron chi connectivity index (χ4n) is 3.27. The zero-order valence-electron chi connectivity index (χ0n) is 17.0. The molecular weight excluding hydrogens is 390 g/mol. The minimum Gasteiger partial charge on any atom is -0.494 e. The van der Waals surface area contributed by atoms with Gasteiger partial charge in [-0.3, -0.25) is 4.79 Å². The summed E-state index contributed by atoms with van der Waals surface area (Å²) in [6.45, 7) is 5.65. The lowest BCUT2D eigenvalue weighted by atomic mass is 10.1. The van der Waals surface area contributed by atoms with Crippen LogP contribution in [0.4, 0.5) is 0 Å². The van der Waals surface area contributed by atoms with E-state index in [2.05, 4.69) is 14.9 Å². The Morgan fingerprint density at radius 3 is 2.66 bits per heavy atom. The number of rotatable bonds is 9. The molecular formula is C22H26ClN3O3. The molecule has 0 saturated heterocycles. The molecule has 0 atom stereocenters. The van der Waals surface area contributed by atoms with Crippen molar-refractivity contribution < 1.29 is 14.3 Å².